The Balaban J connectivity index is 2.83. The van der Waals surface area contributed by atoms with Crippen molar-refractivity contribution in [2.24, 2.45) is 0 Å². The van der Waals surface area contributed by atoms with Crippen LogP contribution in [0.25, 0.3) is 11.1 Å². The van der Waals surface area contributed by atoms with Gasteiger partial charge in [0.15, 0.2) is 23.3 Å². The van der Waals surface area contributed by atoms with Gasteiger partial charge in [-0.05, 0) is 0 Å². The van der Waals surface area contributed by atoms with Crippen LogP contribution in [-0.2, 0) is 0 Å². The smallest absolute Gasteiger partial charge is 0.213 e. The molecule has 8 heteroatoms. The standard InChI is InChI=1S/C12H5ClF5NO/c1-20-6-2-4(5(13)3-19-6)7-8(14)10(16)12(18)11(17)9(7)15/h2-3H,1H3. The highest BCUT2D eigenvalue weighted by molar-refractivity contribution is 6.33. The normalized spacial score (nSPS) is 10.8. The van der Waals surface area contributed by atoms with Crippen LogP contribution in [0.1, 0.15) is 0 Å². The molecule has 0 bridgehead atoms. The molecule has 0 radical (unpaired) electrons. The Hall–Kier alpha value is -1.89. The van der Waals surface area contributed by atoms with Crippen LogP contribution in [0.4, 0.5) is 22.0 Å². The van der Waals surface area contributed by atoms with Crippen molar-refractivity contribution in [3.63, 3.8) is 0 Å². The van der Waals surface area contributed by atoms with E-state index in [2.05, 4.69) is 4.98 Å². The fourth-order valence-electron chi connectivity index (χ4n) is 1.56. The number of aromatic nitrogens is 1. The van der Waals surface area contributed by atoms with Crippen LogP contribution in [0.15, 0.2) is 12.3 Å². The fraction of sp³-hybridized carbons (Fsp3) is 0.0833. The number of halogens is 6. The number of pyridine rings is 1. The highest BCUT2D eigenvalue weighted by Crippen LogP contribution is 2.36. The summed E-state index contributed by atoms with van der Waals surface area (Å²) >= 11 is 5.69. The van der Waals surface area contributed by atoms with Gasteiger partial charge >= 0.3 is 0 Å². The molecule has 0 saturated carbocycles. The molecule has 0 unspecified atom stereocenters. The van der Waals surface area contributed by atoms with Crippen LogP contribution < -0.4 is 4.74 Å². The lowest BCUT2D eigenvalue weighted by atomic mass is 10.0. The summed E-state index contributed by atoms with van der Waals surface area (Å²) in [7, 11) is 1.22. The molecule has 1 aromatic carbocycles. The van der Waals surface area contributed by atoms with Crippen LogP contribution in [0.5, 0.6) is 5.88 Å². The Labute approximate surface area is 114 Å². The molecule has 2 aromatic rings. The van der Waals surface area contributed by atoms with Gasteiger partial charge in [-0.1, -0.05) is 11.6 Å². The van der Waals surface area contributed by atoms with Crippen LogP contribution >= 0.6 is 11.6 Å². The molecule has 1 heterocycles. The summed E-state index contributed by atoms with van der Waals surface area (Å²) in [6.45, 7) is 0. The first-order valence-electron chi connectivity index (χ1n) is 5.09. The number of benzene rings is 1. The van der Waals surface area contributed by atoms with Gasteiger partial charge in [0.1, 0.15) is 0 Å². The lowest BCUT2D eigenvalue weighted by molar-refractivity contribution is 0.381. The number of ether oxygens (including phenoxy) is 1. The van der Waals surface area contributed by atoms with E-state index in [9.17, 15) is 22.0 Å². The van der Waals surface area contributed by atoms with Gasteiger partial charge < -0.3 is 4.74 Å². The van der Waals surface area contributed by atoms with E-state index in [4.69, 9.17) is 16.3 Å². The third kappa shape index (κ3) is 2.18. The molecule has 0 aliphatic rings. The SMILES string of the molecule is COc1cc(-c2c(F)c(F)c(F)c(F)c2F)c(Cl)cn1. The van der Waals surface area contributed by atoms with Gasteiger partial charge in [-0.15, -0.1) is 0 Å². The highest BCUT2D eigenvalue weighted by Gasteiger charge is 2.28. The second-order valence-electron chi connectivity index (χ2n) is 3.65. The first-order chi connectivity index (χ1) is 9.38. The number of hydrogen-bond donors (Lipinski definition) is 0. The van der Waals surface area contributed by atoms with Gasteiger partial charge in [-0.2, -0.15) is 0 Å². The first kappa shape index (κ1) is 14.5. The maximum absolute atomic E-state index is 13.7. The minimum atomic E-state index is -2.24. The van der Waals surface area contributed by atoms with Crippen LogP contribution in [0.2, 0.25) is 5.02 Å². The maximum Gasteiger partial charge on any atom is 0.213 e. The van der Waals surface area contributed by atoms with Gasteiger partial charge in [0.2, 0.25) is 11.7 Å². The average Bonchev–Trinajstić information content (AvgIpc) is 2.45. The third-order valence-corrected chi connectivity index (χ3v) is 2.82. The van der Waals surface area contributed by atoms with Gasteiger partial charge in [-0.25, -0.2) is 26.9 Å². The van der Waals surface area contributed by atoms with Crippen LogP contribution in [0.3, 0.4) is 0 Å². The topological polar surface area (TPSA) is 22.1 Å². The van der Waals surface area contributed by atoms with Crippen molar-refractivity contribution in [1.82, 2.24) is 4.98 Å². The highest BCUT2D eigenvalue weighted by atomic mass is 35.5. The quantitative estimate of drug-likeness (QED) is 0.473. The molecule has 0 N–H and O–H groups in total. The monoisotopic (exact) mass is 309 g/mol. The molecule has 106 valence electrons. The molecule has 2 nitrogen and oxygen atoms in total. The van der Waals surface area contributed by atoms with Crippen molar-refractivity contribution in [2.45, 2.75) is 0 Å². The minimum absolute atomic E-state index is 0.0895. The molecule has 0 fully saturated rings. The Kier molecular flexibility index (Phi) is 3.80. The van der Waals surface area contributed by atoms with Crippen molar-refractivity contribution in [2.75, 3.05) is 7.11 Å². The minimum Gasteiger partial charge on any atom is -0.481 e. The van der Waals surface area contributed by atoms with Crippen molar-refractivity contribution in [3.05, 3.63) is 46.4 Å². The summed E-state index contributed by atoms with van der Waals surface area (Å²) in [6.07, 6.45) is 0.980. The van der Waals surface area contributed by atoms with E-state index in [0.717, 1.165) is 12.3 Å². The lowest BCUT2D eigenvalue weighted by Crippen LogP contribution is -2.04. The molecule has 0 spiro atoms. The molecule has 1 aromatic heterocycles. The van der Waals surface area contributed by atoms with Gasteiger partial charge in [-0.3, -0.25) is 0 Å². The number of nitrogens with zero attached hydrogens (tertiary/aromatic N) is 1. The van der Waals surface area contributed by atoms with Crippen molar-refractivity contribution in [3.8, 4) is 17.0 Å². The van der Waals surface area contributed by atoms with Gasteiger partial charge in [0.05, 0.1) is 23.9 Å². The molecule has 0 saturated heterocycles. The number of hydrogen-bond acceptors (Lipinski definition) is 2. The van der Waals surface area contributed by atoms with Crippen LogP contribution in [-0.4, -0.2) is 12.1 Å². The first-order valence-corrected chi connectivity index (χ1v) is 5.47. The molecule has 0 amide bonds. The largest absolute Gasteiger partial charge is 0.481 e. The molecule has 20 heavy (non-hydrogen) atoms. The third-order valence-electron chi connectivity index (χ3n) is 2.52. The van der Waals surface area contributed by atoms with E-state index in [1.165, 1.54) is 7.11 Å². The van der Waals surface area contributed by atoms with E-state index in [1.807, 2.05) is 0 Å². The Morgan fingerprint density at radius 3 is 1.95 bits per heavy atom. The second-order valence-corrected chi connectivity index (χ2v) is 4.06. The predicted octanol–water partition coefficient (Wildman–Crippen LogP) is 4.11. The zero-order valence-corrected chi connectivity index (χ0v) is 10.5. The van der Waals surface area contributed by atoms with Crippen molar-refractivity contribution < 1.29 is 26.7 Å². The van der Waals surface area contributed by atoms with E-state index in [-0.39, 0.29) is 10.9 Å². The van der Waals surface area contributed by atoms with Gasteiger partial charge in [0.25, 0.3) is 0 Å². The summed E-state index contributed by atoms with van der Waals surface area (Å²) in [5, 5.41) is -0.283. The Morgan fingerprint density at radius 1 is 0.950 bits per heavy atom. The molecular weight excluding hydrogens is 305 g/mol. The van der Waals surface area contributed by atoms with E-state index in [0.29, 0.717) is 0 Å². The summed E-state index contributed by atoms with van der Waals surface area (Å²) in [5.74, 6) is -10.4. The Morgan fingerprint density at radius 2 is 1.45 bits per heavy atom. The van der Waals surface area contributed by atoms with Crippen LogP contribution in [0, 0.1) is 29.1 Å². The Bertz CT molecular complexity index is 663. The molecular formula is C12H5ClF5NO. The predicted molar refractivity (Wildman–Crippen MR) is 61.0 cm³/mol. The van der Waals surface area contributed by atoms with Crippen molar-refractivity contribution in [1.29, 1.82) is 0 Å². The van der Waals surface area contributed by atoms with Crippen molar-refractivity contribution >= 4 is 11.6 Å². The molecule has 2 rings (SSSR count). The van der Waals surface area contributed by atoms with E-state index in [1.54, 1.807) is 0 Å². The molecule has 0 aliphatic carbocycles. The van der Waals surface area contributed by atoms with E-state index >= 15 is 0 Å². The summed E-state index contributed by atoms with van der Waals surface area (Å²) in [4.78, 5) is 3.64. The summed E-state index contributed by atoms with van der Waals surface area (Å²) in [6, 6.07) is 0.973. The second kappa shape index (κ2) is 5.24. The van der Waals surface area contributed by atoms with Gasteiger partial charge in [0, 0.05) is 11.6 Å². The number of rotatable bonds is 2. The summed E-state index contributed by atoms with van der Waals surface area (Å²) in [5.41, 5.74) is -1.54. The zero-order chi connectivity index (χ0) is 15.0. The molecule has 0 atom stereocenters. The average molecular weight is 310 g/mol. The van der Waals surface area contributed by atoms with E-state index < -0.39 is 40.2 Å². The summed E-state index contributed by atoms with van der Waals surface area (Å²) < 4.78 is 71.3. The maximum atomic E-state index is 13.7. The number of methoxy groups -OCH3 is 1. The fourth-order valence-corrected chi connectivity index (χ4v) is 1.76. The lowest BCUT2D eigenvalue weighted by Gasteiger charge is -2.10. The zero-order valence-electron chi connectivity index (χ0n) is 9.78. The molecule has 0 aliphatic heterocycles.